The predicted octanol–water partition coefficient (Wildman–Crippen LogP) is 1.76. The van der Waals surface area contributed by atoms with Crippen LogP contribution in [0.15, 0.2) is 0 Å². The van der Waals surface area contributed by atoms with Crippen molar-refractivity contribution in [2.45, 2.75) is 36.6 Å². The molecule has 0 aromatic heterocycles. The third-order valence-electron chi connectivity index (χ3n) is 2.81. The van der Waals surface area contributed by atoms with Crippen molar-refractivity contribution >= 4 is 40.4 Å². The van der Waals surface area contributed by atoms with E-state index in [0.717, 1.165) is 5.75 Å². The predicted molar refractivity (Wildman–Crippen MR) is 68.2 cm³/mol. The Morgan fingerprint density at radius 2 is 2.29 bits per heavy atom. The first kappa shape index (κ1) is 10.9. The number of carbonyl (C=O) groups is 1. The summed E-state index contributed by atoms with van der Waals surface area (Å²) in [5.41, 5.74) is 0. The summed E-state index contributed by atoms with van der Waals surface area (Å²) in [5, 5.41) is 6.62. The van der Waals surface area contributed by atoms with Gasteiger partial charge in [-0.25, -0.2) is 4.79 Å². The maximum atomic E-state index is 11.1. The van der Waals surface area contributed by atoms with Gasteiger partial charge in [-0.05, 0) is 17.3 Å². The minimum Gasteiger partial charge on any atom is -0.332 e. The number of urea groups is 1. The van der Waals surface area contributed by atoms with Gasteiger partial charge in [0.25, 0.3) is 0 Å². The van der Waals surface area contributed by atoms with E-state index in [1.54, 1.807) is 0 Å². The van der Waals surface area contributed by atoms with Crippen LogP contribution >= 0.6 is 34.4 Å². The van der Waals surface area contributed by atoms with E-state index >= 15 is 0 Å². The lowest BCUT2D eigenvalue weighted by molar-refractivity contribution is 0.247. The number of hydrogen-bond acceptors (Lipinski definition) is 2. The van der Waals surface area contributed by atoms with Crippen LogP contribution in [0.25, 0.3) is 0 Å². The molecular weight excluding hydrogens is 311 g/mol. The number of fused-ring (bicyclic) bond motifs is 1. The lowest BCUT2D eigenvalue weighted by atomic mass is 10.0. The van der Waals surface area contributed by atoms with E-state index in [4.69, 9.17) is 0 Å². The third-order valence-corrected chi connectivity index (χ3v) is 5.08. The molecule has 2 amide bonds. The van der Waals surface area contributed by atoms with Crippen LogP contribution in [0.3, 0.4) is 0 Å². The van der Waals surface area contributed by atoms with Crippen LogP contribution in [0.1, 0.15) is 19.3 Å². The molecular formula is C9H15IN2OS. The number of rotatable bonds is 4. The van der Waals surface area contributed by atoms with Crippen molar-refractivity contribution in [1.29, 1.82) is 0 Å². The Bertz CT molecular complexity index is 227. The molecule has 0 saturated carbocycles. The molecule has 3 nitrogen and oxygen atoms in total. The molecule has 0 radical (unpaired) electrons. The normalized spacial score (nSPS) is 35.2. The second-order valence-electron chi connectivity index (χ2n) is 3.81. The van der Waals surface area contributed by atoms with E-state index in [-0.39, 0.29) is 6.03 Å². The van der Waals surface area contributed by atoms with Gasteiger partial charge >= 0.3 is 6.03 Å². The first-order chi connectivity index (χ1) is 6.81. The molecule has 0 aromatic carbocycles. The molecule has 0 aromatic rings. The molecule has 5 heteroatoms. The zero-order valence-electron chi connectivity index (χ0n) is 7.96. The minimum atomic E-state index is 0.0270. The molecule has 2 saturated heterocycles. The Morgan fingerprint density at radius 3 is 3.07 bits per heavy atom. The number of amides is 2. The Kier molecular flexibility index (Phi) is 3.81. The number of thioether (sulfide) groups is 1. The SMILES string of the molecule is O=C1N[C@H]2[C@H](CS[C@H]2CCCCI)N1. The van der Waals surface area contributed by atoms with Gasteiger partial charge in [0.05, 0.1) is 12.1 Å². The smallest absolute Gasteiger partial charge is 0.315 e. The zero-order chi connectivity index (χ0) is 9.97. The number of hydrogen-bond donors (Lipinski definition) is 2. The molecule has 80 valence electrons. The highest BCUT2D eigenvalue weighted by atomic mass is 127. The Balaban J connectivity index is 1.80. The van der Waals surface area contributed by atoms with Gasteiger partial charge in [0.2, 0.25) is 0 Å². The van der Waals surface area contributed by atoms with Crippen LogP contribution in [0.5, 0.6) is 0 Å². The van der Waals surface area contributed by atoms with Crippen molar-refractivity contribution in [3.63, 3.8) is 0 Å². The molecule has 2 aliphatic heterocycles. The van der Waals surface area contributed by atoms with E-state index in [1.807, 2.05) is 11.8 Å². The van der Waals surface area contributed by atoms with Crippen molar-refractivity contribution in [2.24, 2.45) is 0 Å². The van der Waals surface area contributed by atoms with Crippen molar-refractivity contribution in [3.05, 3.63) is 0 Å². The number of halogens is 1. The number of nitrogens with one attached hydrogen (secondary N) is 2. The van der Waals surface area contributed by atoms with Crippen molar-refractivity contribution in [1.82, 2.24) is 10.6 Å². The average Bonchev–Trinajstić information content (AvgIpc) is 2.66. The van der Waals surface area contributed by atoms with Gasteiger partial charge in [0.1, 0.15) is 0 Å². The van der Waals surface area contributed by atoms with Gasteiger partial charge in [-0.15, -0.1) is 0 Å². The molecule has 14 heavy (non-hydrogen) atoms. The molecule has 0 aliphatic carbocycles. The van der Waals surface area contributed by atoms with Gasteiger partial charge in [0, 0.05) is 11.0 Å². The number of unbranched alkanes of at least 4 members (excludes halogenated alkanes) is 1. The lowest BCUT2D eigenvalue weighted by Crippen LogP contribution is -2.36. The summed E-state index contributed by atoms with van der Waals surface area (Å²) >= 11 is 4.43. The quantitative estimate of drug-likeness (QED) is 0.358. The second kappa shape index (κ2) is 4.92. The molecule has 2 heterocycles. The molecule has 2 rings (SSSR count). The first-order valence-corrected chi connectivity index (χ1v) is 7.63. The number of alkyl halides is 1. The highest BCUT2D eigenvalue weighted by Crippen LogP contribution is 2.32. The van der Waals surface area contributed by atoms with Gasteiger partial charge < -0.3 is 10.6 Å². The molecule has 0 bridgehead atoms. The van der Waals surface area contributed by atoms with Crippen LogP contribution in [0.4, 0.5) is 4.79 Å². The summed E-state index contributed by atoms with van der Waals surface area (Å²) in [6.45, 7) is 0. The van der Waals surface area contributed by atoms with Crippen LogP contribution in [0, 0.1) is 0 Å². The van der Waals surface area contributed by atoms with Crippen LogP contribution in [-0.4, -0.2) is 33.5 Å². The summed E-state index contributed by atoms with van der Waals surface area (Å²) < 4.78 is 1.24. The summed E-state index contributed by atoms with van der Waals surface area (Å²) in [7, 11) is 0. The summed E-state index contributed by atoms with van der Waals surface area (Å²) in [4.78, 5) is 11.1. The van der Waals surface area contributed by atoms with Gasteiger partial charge in [-0.2, -0.15) is 11.8 Å². The highest BCUT2D eigenvalue weighted by Gasteiger charge is 2.42. The van der Waals surface area contributed by atoms with Gasteiger partial charge in [0.15, 0.2) is 0 Å². The monoisotopic (exact) mass is 326 g/mol. The summed E-state index contributed by atoms with van der Waals surface area (Å²) in [6, 6.07) is 0.804. The largest absolute Gasteiger partial charge is 0.332 e. The minimum absolute atomic E-state index is 0.0270. The number of carbonyl (C=O) groups excluding carboxylic acids is 1. The fourth-order valence-corrected chi connectivity index (χ4v) is 4.17. The molecule has 2 N–H and O–H groups in total. The van der Waals surface area contributed by atoms with Crippen molar-refractivity contribution in [2.75, 3.05) is 10.2 Å². The second-order valence-corrected chi connectivity index (χ2v) is 6.16. The molecule has 3 atom stereocenters. The maximum Gasteiger partial charge on any atom is 0.315 e. The third kappa shape index (κ3) is 2.29. The Labute approximate surface area is 102 Å². The first-order valence-electron chi connectivity index (χ1n) is 5.06. The Morgan fingerprint density at radius 1 is 1.43 bits per heavy atom. The van der Waals surface area contributed by atoms with Crippen LogP contribution in [-0.2, 0) is 0 Å². The van der Waals surface area contributed by atoms with Crippen molar-refractivity contribution < 1.29 is 4.79 Å². The van der Waals surface area contributed by atoms with E-state index in [9.17, 15) is 4.79 Å². The lowest BCUT2D eigenvalue weighted by Gasteiger charge is -2.15. The van der Waals surface area contributed by atoms with Crippen LogP contribution in [0.2, 0.25) is 0 Å². The average molecular weight is 326 g/mol. The molecule has 2 aliphatic rings. The highest BCUT2D eigenvalue weighted by molar-refractivity contribution is 14.1. The molecule has 0 spiro atoms. The van der Waals surface area contributed by atoms with Crippen molar-refractivity contribution in [3.8, 4) is 0 Å². The molecule has 0 unspecified atom stereocenters. The molecule has 2 fully saturated rings. The van der Waals surface area contributed by atoms with E-state index in [2.05, 4.69) is 33.2 Å². The standard InChI is InChI=1S/C9H15IN2OS/c10-4-2-1-3-7-8-6(5-14-7)11-9(13)12-8/h6-8H,1-5H2,(H2,11,12,13)/t6-,7-,8-/m0/s1. The maximum absolute atomic E-state index is 11.1. The summed E-state index contributed by atoms with van der Waals surface area (Å²) in [6.07, 6.45) is 3.84. The van der Waals surface area contributed by atoms with E-state index < -0.39 is 0 Å². The summed E-state index contributed by atoms with van der Waals surface area (Å²) in [5.74, 6) is 1.08. The van der Waals surface area contributed by atoms with E-state index in [1.165, 1.54) is 23.7 Å². The zero-order valence-corrected chi connectivity index (χ0v) is 10.9. The topological polar surface area (TPSA) is 41.1 Å². The van der Waals surface area contributed by atoms with E-state index in [0.29, 0.717) is 17.3 Å². The van der Waals surface area contributed by atoms with Gasteiger partial charge in [-0.3, -0.25) is 0 Å². The van der Waals surface area contributed by atoms with Gasteiger partial charge in [-0.1, -0.05) is 29.0 Å². The van der Waals surface area contributed by atoms with Crippen LogP contribution < -0.4 is 10.6 Å². The Hall–Kier alpha value is 0.350. The fourth-order valence-electron chi connectivity index (χ4n) is 2.08. The fraction of sp³-hybridized carbons (Fsp3) is 0.889.